The van der Waals surface area contributed by atoms with Gasteiger partial charge in [0.2, 0.25) is 0 Å². The second-order valence-electron chi connectivity index (χ2n) is 4.15. The molecule has 1 nitrogen and oxygen atoms in total. The molecule has 1 N–H and O–H groups in total. The molecule has 0 fully saturated rings. The van der Waals surface area contributed by atoms with Gasteiger partial charge in [-0.3, -0.25) is 0 Å². The van der Waals surface area contributed by atoms with Gasteiger partial charge in [-0.15, -0.1) is 11.8 Å². The summed E-state index contributed by atoms with van der Waals surface area (Å²) < 4.78 is 13.6. The molecule has 0 bridgehead atoms. The Labute approximate surface area is 122 Å². The van der Waals surface area contributed by atoms with E-state index in [0.29, 0.717) is 17.1 Å². The Morgan fingerprint density at radius 2 is 1.80 bits per heavy atom. The van der Waals surface area contributed by atoms with Crippen LogP contribution in [0.2, 0.25) is 0 Å². The second kappa shape index (κ2) is 7.74. The van der Waals surface area contributed by atoms with Crippen LogP contribution in [0.5, 0.6) is 0 Å². The van der Waals surface area contributed by atoms with Crippen LogP contribution in [-0.2, 0) is 5.75 Å². The highest BCUT2D eigenvalue weighted by molar-refractivity contribution is 7.98. The summed E-state index contributed by atoms with van der Waals surface area (Å²) in [4.78, 5) is 0.644. The first-order valence-electron chi connectivity index (χ1n) is 6.36. The molecule has 20 heavy (non-hydrogen) atoms. The van der Waals surface area contributed by atoms with Crippen molar-refractivity contribution in [1.82, 2.24) is 0 Å². The minimum absolute atomic E-state index is 0.0686. The smallest absolute Gasteiger partial charge is 0.136 e. The van der Waals surface area contributed by atoms with Crippen LogP contribution in [0.1, 0.15) is 17.5 Å². The molecule has 0 heterocycles. The van der Waals surface area contributed by atoms with Crippen LogP contribution in [0.25, 0.3) is 0 Å². The van der Waals surface area contributed by atoms with Gasteiger partial charge in [-0.2, -0.15) is 0 Å². The van der Waals surface area contributed by atoms with E-state index in [1.165, 1.54) is 17.8 Å². The maximum absolute atomic E-state index is 13.6. The molecule has 0 aliphatic carbocycles. The molecule has 2 aromatic carbocycles. The predicted molar refractivity (Wildman–Crippen MR) is 81.0 cm³/mol. The molecule has 0 spiro atoms. The number of hydrogen-bond donors (Lipinski definition) is 1. The molecule has 3 heteroatoms. The zero-order valence-corrected chi connectivity index (χ0v) is 11.8. The first kappa shape index (κ1) is 14.6. The Morgan fingerprint density at radius 3 is 2.60 bits per heavy atom. The van der Waals surface area contributed by atoms with Crippen LogP contribution >= 0.6 is 11.8 Å². The van der Waals surface area contributed by atoms with E-state index in [0.717, 1.165) is 11.1 Å². The van der Waals surface area contributed by atoms with E-state index < -0.39 is 0 Å². The van der Waals surface area contributed by atoms with Crippen molar-refractivity contribution in [2.45, 2.75) is 17.1 Å². The van der Waals surface area contributed by atoms with Crippen molar-refractivity contribution in [3.8, 4) is 11.8 Å². The van der Waals surface area contributed by atoms with Crippen LogP contribution in [0, 0.1) is 17.7 Å². The molecule has 0 saturated carbocycles. The van der Waals surface area contributed by atoms with Gasteiger partial charge in [-0.05, 0) is 23.8 Å². The van der Waals surface area contributed by atoms with E-state index in [1.54, 1.807) is 12.1 Å². The Hall–Kier alpha value is -1.76. The highest BCUT2D eigenvalue weighted by Crippen LogP contribution is 2.26. The van der Waals surface area contributed by atoms with E-state index in [4.69, 9.17) is 5.11 Å². The lowest BCUT2D eigenvalue weighted by atomic mass is 10.1. The number of aliphatic hydroxyl groups is 1. The summed E-state index contributed by atoms with van der Waals surface area (Å²) in [5.41, 5.74) is 2.01. The quantitative estimate of drug-likeness (QED) is 0.680. The minimum atomic E-state index is -0.193. The predicted octanol–water partition coefficient (Wildman–Crippen LogP) is 3.85. The van der Waals surface area contributed by atoms with Gasteiger partial charge < -0.3 is 5.11 Å². The number of hydrogen-bond acceptors (Lipinski definition) is 2. The molecular weight excluding hydrogens is 271 g/mol. The zero-order chi connectivity index (χ0) is 14.2. The molecule has 0 aliphatic rings. The van der Waals surface area contributed by atoms with E-state index >= 15 is 0 Å². The molecule has 0 aliphatic heterocycles. The fraction of sp³-hybridized carbons (Fsp3) is 0.176. The van der Waals surface area contributed by atoms with Crippen molar-refractivity contribution in [3.63, 3.8) is 0 Å². The summed E-state index contributed by atoms with van der Waals surface area (Å²) in [6.07, 6.45) is 0.467. The Bertz CT molecular complexity index is 628. The van der Waals surface area contributed by atoms with E-state index in [2.05, 4.69) is 11.8 Å². The Kier molecular flexibility index (Phi) is 5.67. The van der Waals surface area contributed by atoms with Crippen LogP contribution in [0.4, 0.5) is 4.39 Å². The monoisotopic (exact) mass is 286 g/mol. The van der Waals surface area contributed by atoms with Crippen molar-refractivity contribution in [2.24, 2.45) is 0 Å². The molecule has 2 aromatic rings. The fourth-order valence-corrected chi connectivity index (χ4v) is 2.64. The van der Waals surface area contributed by atoms with Crippen LogP contribution in [0.3, 0.4) is 0 Å². The maximum atomic E-state index is 13.6. The number of thioether (sulfide) groups is 1. The fourth-order valence-electron chi connectivity index (χ4n) is 1.70. The lowest BCUT2D eigenvalue weighted by Crippen LogP contribution is -1.88. The van der Waals surface area contributed by atoms with Crippen molar-refractivity contribution in [3.05, 3.63) is 65.5 Å². The molecule has 0 unspecified atom stereocenters. The standard InChI is InChI=1S/C17H15FOS/c18-16-10-3-4-11-17(16)20-13-15-9-2-1-7-14(15)8-5-6-12-19/h1-4,7,9-11,19H,6,12-13H2. The Balaban J connectivity index is 2.10. The van der Waals surface area contributed by atoms with Crippen molar-refractivity contribution in [1.29, 1.82) is 0 Å². The third-order valence-corrected chi connectivity index (χ3v) is 3.79. The normalized spacial score (nSPS) is 9.90. The van der Waals surface area contributed by atoms with E-state index in [9.17, 15) is 4.39 Å². The topological polar surface area (TPSA) is 20.2 Å². The van der Waals surface area contributed by atoms with Crippen LogP contribution < -0.4 is 0 Å². The van der Waals surface area contributed by atoms with Gasteiger partial charge in [0.05, 0.1) is 6.61 Å². The van der Waals surface area contributed by atoms with E-state index in [1.807, 2.05) is 30.3 Å². The molecule has 102 valence electrons. The third kappa shape index (κ3) is 4.12. The summed E-state index contributed by atoms with van der Waals surface area (Å²) in [7, 11) is 0. The number of aliphatic hydroxyl groups excluding tert-OH is 1. The van der Waals surface area contributed by atoms with Gasteiger partial charge in [0, 0.05) is 22.6 Å². The van der Waals surface area contributed by atoms with Crippen LogP contribution in [0.15, 0.2) is 53.4 Å². The highest BCUT2D eigenvalue weighted by atomic mass is 32.2. The SMILES string of the molecule is OCCC#Cc1ccccc1CSc1ccccc1F. The first-order chi connectivity index (χ1) is 9.81. The largest absolute Gasteiger partial charge is 0.395 e. The van der Waals surface area contributed by atoms with Gasteiger partial charge in [-0.1, -0.05) is 42.2 Å². The lowest BCUT2D eigenvalue weighted by Gasteiger charge is -2.05. The van der Waals surface area contributed by atoms with Gasteiger partial charge >= 0.3 is 0 Å². The molecule has 0 saturated heterocycles. The number of rotatable bonds is 4. The molecular formula is C17H15FOS. The van der Waals surface area contributed by atoms with Gasteiger partial charge in [0.25, 0.3) is 0 Å². The van der Waals surface area contributed by atoms with Gasteiger partial charge in [0.1, 0.15) is 5.82 Å². The van der Waals surface area contributed by atoms with Crippen molar-refractivity contribution >= 4 is 11.8 Å². The van der Waals surface area contributed by atoms with E-state index in [-0.39, 0.29) is 12.4 Å². The number of benzene rings is 2. The summed E-state index contributed by atoms with van der Waals surface area (Å²) in [5.74, 6) is 6.44. The summed E-state index contributed by atoms with van der Waals surface area (Å²) in [6.45, 7) is 0.0686. The Morgan fingerprint density at radius 1 is 1.05 bits per heavy atom. The highest BCUT2D eigenvalue weighted by Gasteiger charge is 2.04. The second-order valence-corrected chi connectivity index (χ2v) is 5.17. The summed E-state index contributed by atoms with van der Waals surface area (Å²) in [5, 5.41) is 8.75. The minimum Gasteiger partial charge on any atom is -0.395 e. The number of halogens is 1. The van der Waals surface area contributed by atoms with Crippen molar-refractivity contribution < 1.29 is 9.50 Å². The first-order valence-corrected chi connectivity index (χ1v) is 7.35. The molecule has 0 atom stereocenters. The summed E-state index contributed by atoms with van der Waals surface area (Å²) >= 11 is 1.46. The van der Waals surface area contributed by atoms with Crippen LogP contribution in [-0.4, -0.2) is 11.7 Å². The lowest BCUT2D eigenvalue weighted by molar-refractivity contribution is 0.305. The average Bonchev–Trinajstić information content (AvgIpc) is 2.48. The maximum Gasteiger partial charge on any atom is 0.136 e. The zero-order valence-electron chi connectivity index (χ0n) is 11.0. The molecule has 0 radical (unpaired) electrons. The van der Waals surface area contributed by atoms with Crippen molar-refractivity contribution in [2.75, 3.05) is 6.61 Å². The molecule has 2 rings (SSSR count). The average molecular weight is 286 g/mol. The molecule has 0 amide bonds. The third-order valence-electron chi connectivity index (χ3n) is 2.70. The van der Waals surface area contributed by atoms with Gasteiger partial charge in [-0.25, -0.2) is 4.39 Å². The van der Waals surface area contributed by atoms with Gasteiger partial charge in [0.15, 0.2) is 0 Å². The molecule has 0 aromatic heterocycles. The summed E-state index contributed by atoms with van der Waals surface area (Å²) in [6, 6.07) is 14.6.